The molecule has 0 unspecified atom stereocenters. The number of nitrogens with one attached hydrogen (secondary N) is 1. The van der Waals surface area contributed by atoms with Gasteiger partial charge in [0.1, 0.15) is 0 Å². The molecule has 2 heterocycles. The van der Waals surface area contributed by atoms with Crippen molar-refractivity contribution in [2.75, 3.05) is 5.32 Å². The van der Waals surface area contributed by atoms with Crippen molar-refractivity contribution >= 4 is 11.4 Å². The molecule has 0 bridgehead atoms. The van der Waals surface area contributed by atoms with Crippen LogP contribution in [0.25, 0.3) is 5.69 Å². The molecule has 0 fully saturated rings. The minimum atomic E-state index is 0.965. The number of nitrogens with zero attached hydrogens (tertiary/aromatic N) is 3. The Balaban J connectivity index is 2.02. The summed E-state index contributed by atoms with van der Waals surface area (Å²) in [5.74, 6) is 0. The van der Waals surface area contributed by atoms with Crippen LogP contribution in [-0.2, 0) is 0 Å². The molecule has 3 aromatic rings. The summed E-state index contributed by atoms with van der Waals surface area (Å²) in [6.45, 7) is 2.08. The fourth-order valence-corrected chi connectivity index (χ4v) is 1.95. The molecule has 0 aliphatic carbocycles. The third kappa shape index (κ3) is 2.47. The van der Waals surface area contributed by atoms with Crippen LogP contribution >= 0.6 is 0 Å². The predicted octanol–water partition coefficient (Wildman–Crippen LogP) is 3.32. The van der Waals surface area contributed by atoms with E-state index >= 15 is 0 Å². The molecule has 4 heteroatoms. The quantitative estimate of drug-likeness (QED) is 0.775. The molecule has 0 amide bonds. The van der Waals surface area contributed by atoms with Crippen LogP contribution in [0.2, 0.25) is 0 Å². The predicted molar refractivity (Wildman–Crippen MR) is 75.8 cm³/mol. The van der Waals surface area contributed by atoms with Gasteiger partial charge in [-0.25, -0.2) is 4.98 Å². The number of hydrogen-bond donors (Lipinski definition) is 1. The largest absolute Gasteiger partial charge is 0.353 e. The second kappa shape index (κ2) is 4.94. The van der Waals surface area contributed by atoms with E-state index in [2.05, 4.69) is 40.4 Å². The summed E-state index contributed by atoms with van der Waals surface area (Å²) >= 11 is 0. The summed E-state index contributed by atoms with van der Waals surface area (Å²) in [7, 11) is 0. The van der Waals surface area contributed by atoms with Gasteiger partial charge in [0, 0.05) is 18.6 Å². The molecule has 2 aromatic heterocycles. The van der Waals surface area contributed by atoms with Gasteiger partial charge in [-0.05, 0) is 36.8 Å². The van der Waals surface area contributed by atoms with E-state index in [1.54, 1.807) is 24.9 Å². The number of hydrogen-bond acceptors (Lipinski definition) is 3. The van der Waals surface area contributed by atoms with Crippen LogP contribution in [0.4, 0.5) is 11.4 Å². The van der Waals surface area contributed by atoms with Crippen molar-refractivity contribution in [3.8, 4) is 5.69 Å². The van der Waals surface area contributed by atoms with Gasteiger partial charge in [-0.2, -0.15) is 0 Å². The van der Waals surface area contributed by atoms with Crippen molar-refractivity contribution in [1.82, 2.24) is 14.5 Å². The van der Waals surface area contributed by atoms with E-state index in [4.69, 9.17) is 0 Å². The minimum absolute atomic E-state index is 0.965. The number of benzene rings is 1. The molecule has 0 aliphatic rings. The third-order valence-corrected chi connectivity index (χ3v) is 2.88. The van der Waals surface area contributed by atoms with E-state index in [1.807, 2.05) is 22.9 Å². The summed E-state index contributed by atoms with van der Waals surface area (Å²) in [6.07, 6.45) is 9.07. The second-order valence-corrected chi connectivity index (χ2v) is 4.36. The van der Waals surface area contributed by atoms with Crippen LogP contribution in [0, 0.1) is 6.92 Å². The highest BCUT2D eigenvalue weighted by atomic mass is 15.1. The molecule has 1 aromatic carbocycles. The maximum Gasteiger partial charge on any atom is 0.0992 e. The summed E-state index contributed by atoms with van der Waals surface area (Å²) < 4.78 is 1.99. The van der Waals surface area contributed by atoms with E-state index in [1.165, 1.54) is 5.56 Å². The van der Waals surface area contributed by atoms with Gasteiger partial charge in [-0.1, -0.05) is 6.07 Å². The lowest BCUT2D eigenvalue weighted by Gasteiger charge is -2.13. The molecule has 3 rings (SSSR count). The van der Waals surface area contributed by atoms with Crippen molar-refractivity contribution in [3.63, 3.8) is 0 Å². The Kier molecular flexibility index (Phi) is 2.98. The smallest absolute Gasteiger partial charge is 0.0992 e. The number of aromatic nitrogens is 3. The normalized spacial score (nSPS) is 10.4. The van der Waals surface area contributed by atoms with Crippen molar-refractivity contribution in [2.24, 2.45) is 0 Å². The van der Waals surface area contributed by atoms with E-state index < -0.39 is 0 Å². The van der Waals surface area contributed by atoms with Crippen LogP contribution in [0.5, 0.6) is 0 Å². The second-order valence-electron chi connectivity index (χ2n) is 4.36. The summed E-state index contributed by atoms with van der Waals surface area (Å²) in [5, 5.41) is 3.38. The zero-order valence-electron chi connectivity index (χ0n) is 10.6. The molecule has 0 radical (unpaired) electrons. The van der Waals surface area contributed by atoms with Gasteiger partial charge in [0.15, 0.2) is 0 Å². The number of anilines is 2. The van der Waals surface area contributed by atoms with Crippen LogP contribution in [0.3, 0.4) is 0 Å². The molecule has 0 spiro atoms. The van der Waals surface area contributed by atoms with Crippen molar-refractivity contribution in [1.29, 1.82) is 0 Å². The Morgan fingerprint density at radius 1 is 1.11 bits per heavy atom. The molecule has 94 valence electrons. The maximum atomic E-state index is 4.11. The fraction of sp³-hybridized carbons (Fsp3) is 0.0667. The molecular formula is C15H14N4. The van der Waals surface area contributed by atoms with Crippen molar-refractivity contribution < 1.29 is 0 Å². The summed E-state index contributed by atoms with van der Waals surface area (Å²) in [5.41, 5.74) is 4.27. The van der Waals surface area contributed by atoms with Gasteiger partial charge < -0.3 is 9.88 Å². The minimum Gasteiger partial charge on any atom is -0.353 e. The molecule has 0 aliphatic heterocycles. The first kappa shape index (κ1) is 11.5. The van der Waals surface area contributed by atoms with E-state index in [0.29, 0.717) is 0 Å². The lowest BCUT2D eigenvalue weighted by molar-refractivity contribution is 1.05. The average Bonchev–Trinajstić information content (AvgIpc) is 2.96. The van der Waals surface area contributed by atoms with Crippen molar-refractivity contribution in [2.45, 2.75) is 6.92 Å². The number of imidazole rings is 1. The standard InChI is InChI=1S/C15H14N4/c1-12-4-5-14(18-13-3-2-6-16-10-13)15(9-12)19-8-7-17-11-19/h2-11,18H,1H3. The lowest BCUT2D eigenvalue weighted by Crippen LogP contribution is -1.99. The Morgan fingerprint density at radius 3 is 2.79 bits per heavy atom. The summed E-state index contributed by atoms with van der Waals surface area (Å²) in [6, 6.07) is 10.2. The SMILES string of the molecule is Cc1ccc(Nc2cccnc2)c(-n2ccnc2)c1. The summed E-state index contributed by atoms with van der Waals surface area (Å²) in [4.78, 5) is 8.21. The van der Waals surface area contributed by atoms with Crippen LogP contribution in [0.1, 0.15) is 5.56 Å². The zero-order valence-corrected chi connectivity index (χ0v) is 10.6. The lowest BCUT2D eigenvalue weighted by atomic mass is 10.2. The molecule has 0 saturated heterocycles. The zero-order chi connectivity index (χ0) is 13.1. The molecule has 1 N–H and O–H groups in total. The highest BCUT2D eigenvalue weighted by Gasteiger charge is 2.05. The molecular weight excluding hydrogens is 236 g/mol. The van der Waals surface area contributed by atoms with Gasteiger partial charge in [-0.3, -0.25) is 4.98 Å². The highest BCUT2D eigenvalue weighted by molar-refractivity contribution is 5.69. The molecule has 19 heavy (non-hydrogen) atoms. The first-order valence-electron chi connectivity index (χ1n) is 6.09. The van der Waals surface area contributed by atoms with E-state index in [0.717, 1.165) is 17.1 Å². The van der Waals surface area contributed by atoms with Crippen molar-refractivity contribution in [3.05, 3.63) is 67.0 Å². The first-order chi connectivity index (χ1) is 9.33. The Hall–Kier alpha value is -2.62. The molecule has 4 nitrogen and oxygen atoms in total. The van der Waals surface area contributed by atoms with Gasteiger partial charge in [0.05, 0.1) is 29.6 Å². The monoisotopic (exact) mass is 250 g/mol. The highest BCUT2D eigenvalue weighted by Crippen LogP contribution is 2.24. The van der Waals surface area contributed by atoms with Gasteiger partial charge >= 0.3 is 0 Å². The number of rotatable bonds is 3. The fourth-order valence-electron chi connectivity index (χ4n) is 1.95. The van der Waals surface area contributed by atoms with Crippen LogP contribution in [-0.4, -0.2) is 14.5 Å². The topological polar surface area (TPSA) is 42.7 Å². The van der Waals surface area contributed by atoms with Gasteiger partial charge in [0.25, 0.3) is 0 Å². The maximum absolute atomic E-state index is 4.11. The third-order valence-electron chi connectivity index (χ3n) is 2.88. The number of aryl methyl sites for hydroxylation is 1. The Bertz CT molecular complexity index is 660. The van der Waals surface area contributed by atoms with Gasteiger partial charge in [-0.15, -0.1) is 0 Å². The number of pyridine rings is 1. The van der Waals surface area contributed by atoms with E-state index in [-0.39, 0.29) is 0 Å². The van der Waals surface area contributed by atoms with Crippen LogP contribution < -0.4 is 5.32 Å². The average molecular weight is 250 g/mol. The molecule has 0 atom stereocenters. The Morgan fingerprint density at radius 2 is 2.05 bits per heavy atom. The van der Waals surface area contributed by atoms with Gasteiger partial charge in [0.2, 0.25) is 0 Å². The Labute approximate surface area is 111 Å². The van der Waals surface area contributed by atoms with E-state index in [9.17, 15) is 0 Å². The van der Waals surface area contributed by atoms with Crippen LogP contribution in [0.15, 0.2) is 61.4 Å². The first-order valence-corrected chi connectivity index (χ1v) is 6.09. The molecule has 0 saturated carbocycles.